The molecule has 0 radical (unpaired) electrons. The van der Waals surface area contributed by atoms with Crippen LogP contribution in [0.4, 0.5) is 23.2 Å². The van der Waals surface area contributed by atoms with Gasteiger partial charge in [-0.05, 0) is 62.4 Å². The number of nitrogens with zero attached hydrogens (tertiary/aromatic N) is 2. The van der Waals surface area contributed by atoms with Gasteiger partial charge in [-0.15, -0.1) is 0 Å². The van der Waals surface area contributed by atoms with Crippen molar-refractivity contribution in [1.29, 1.82) is 0 Å². The molecular formula is C28H31F4N3O4. The highest BCUT2D eigenvalue weighted by atomic mass is 19.2. The van der Waals surface area contributed by atoms with Crippen LogP contribution >= 0.6 is 0 Å². The lowest BCUT2D eigenvalue weighted by Gasteiger charge is -2.41. The molecule has 0 spiro atoms. The van der Waals surface area contributed by atoms with E-state index in [0.29, 0.717) is 62.1 Å². The number of rotatable bonds is 11. The summed E-state index contributed by atoms with van der Waals surface area (Å²) in [5, 5.41) is 23.9. The molecule has 3 aromatic rings. The van der Waals surface area contributed by atoms with Gasteiger partial charge in [-0.1, -0.05) is 0 Å². The summed E-state index contributed by atoms with van der Waals surface area (Å²) in [4.78, 5) is 17.9. The topological polar surface area (TPSA) is 94.9 Å². The molecule has 0 aliphatic carbocycles. The van der Waals surface area contributed by atoms with Crippen LogP contribution < -0.4 is 10.1 Å². The van der Waals surface area contributed by atoms with Gasteiger partial charge in [0.05, 0.1) is 31.3 Å². The van der Waals surface area contributed by atoms with Crippen LogP contribution in [0.1, 0.15) is 43.8 Å². The smallest absolute Gasteiger partial charge is 0.303 e. The number of methoxy groups -OCH3 is 1. The minimum Gasteiger partial charge on any atom is -0.497 e. The Bertz CT molecular complexity index is 1310. The number of aliphatic hydroxyl groups excluding tert-OH is 1. The van der Waals surface area contributed by atoms with Crippen molar-refractivity contribution < 1.29 is 37.3 Å². The average molecular weight is 550 g/mol. The Morgan fingerprint density at radius 3 is 2.46 bits per heavy atom. The number of carboxylic acid groups (broad SMARTS) is 1. The standard InChI is InChI=1S/C28H31F4N3O4/c1-39-18-2-3-23-19(14-18)26(22(31)16-34-23)24(36)4-5-28(15-25(37)38)6-9-35(10-7-28)11-8-33-17-12-20(29)27(32)21(30)13-17/h2-3,12-14,16,24,33,36H,4-11,15H2,1H3,(H,37,38)/t24-/m1/s1. The minimum absolute atomic E-state index is 0.0761. The molecule has 0 unspecified atom stereocenters. The molecule has 0 bridgehead atoms. The van der Waals surface area contributed by atoms with Gasteiger partial charge in [0.1, 0.15) is 11.6 Å². The Hall–Kier alpha value is -3.44. The number of fused-ring (bicyclic) bond motifs is 1. The highest BCUT2D eigenvalue weighted by molar-refractivity contribution is 5.84. The summed E-state index contributed by atoms with van der Waals surface area (Å²) in [6.07, 6.45) is 1.50. The molecular weight excluding hydrogens is 518 g/mol. The maximum Gasteiger partial charge on any atom is 0.303 e. The number of carboxylic acids is 1. The molecule has 210 valence electrons. The number of hydrogen-bond donors (Lipinski definition) is 3. The monoisotopic (exact) mass is 549 g/mol. The molecule has 1 saturated heterocycles. The van der Waals surface area contributed by atoms with E-state index >= 15 is 0 Å². The summed E-state index contributed by atoms with van der Waals surface area (Å²) in [6, 6.07) is 6.79. The Morgan fingerprint density at radius 1 is 1.13 bits per heavy atom. The molecule has 4 rings (SSSR count). The van der Waals surface area contributed by atoms with Gasteiger partial charge in [-0.2, -0.15) is 0 Å². The molecule has 1 aliphatic heterocycles. The van der Waals surface area contributed by atoms with E-state index in [9.17, 15) is 32.6 Å². The van der Waals surface area contributed by atoms with Crippen LogP contribution in [-0.2, 0) is 4.79 Å². The lowest BCUT2D eigenvalue weighted by atomic mass is 9.71. The van der Waals surface area contributed by atoms with Crippen molar-refractivity contribution in [2.75, 3.05) is 38.6 Å². The first-order valence-electron chi connectivity index (χ1n) is 12.7. The van der Waals surface area contributed by atoms with E-state index in [2.05, 4.69) is 15.2 Å². The number of ether oxygens (including phenoxy) is 1. The number of pyridine rings is 1. The van der Waals surface area contributed by atoms with Gasteiger partial charge in [-0.25, -0.2) is 17.6 Å². The van der Waals surface area contributed by atoms with Crippen LogP contribution in [0.25, 0.3) is 10.9 Å². The zero-order valence-electron chi connectivity index (χ0n) is 21.5. The average Bonchev–Trinajstić information content (AvgIpc) is 2.90. The highest BCUT2D eigenvalue weighted by Crippen LogP contribution is 2.42. The number of aliphatic hydroxyl groups is 1. The second-order valence-corrected chi connectivity index (χ2v) is 10.1. The predicted molar refractivity (Wildman–Crippen MR) is 138 cm³/mol. The summed E-state index contributed by atoms with van der Waals surface area (Å²) in [7, 11) is 1.49. The Labute approximate surface area is 223 Å². The van der Waals surface area contributed by atoms with Gasteiger partial charge in [0.25, 0.3) is 0 Å². The molecule has 39 heavy (non-hydrogen) atoms. The molecule has 2 heterocycles. The van der Waals surface area contributed by atoms with Gasteiger partial charge >= 0.3 is 5.97 Å². The molecule has 0 amide bonds. The number of piperidine rings is 1. The number of anilines is 1. The first-order chi connectivity index (χ1) is 18.6. The molecule has 1 fully saturated rings. The number of halogens is 4. The number of aromatic nitrogens is 1. The molecule has 2 aromatic carbocycles. The van der Waals surface area contributed by atoms with Gasteiger partial charge in [-0.3, -0.25) is 9.78 Å². The third-order valence-electron chi connectivity index (χ3n) is 7.53. The zero-order chi connectivity index (χ0) is 28.2. The Kier molecular flexibility index (Phi) is 8.91. The third-order valence-corrected chi connectivity index (χ3v) is 7.53. The van der Waals surface area contributed by atoms with E-state index in [1.54, 1.807) is 18.2 Å². The second kappa shape index (κ2) is 12.2. The normalized spacial score (nSPS) is 16.3. The van der Waals surface area contributed by atoms with Crippen molar-refractivity contribution in [1.82, 2.24) is 9.88 Å². The Morgan fingerprint density at radius 2 is 1.82 bits per heavy atom. The molecule has 0 saturated carbocycles. The van der Waals surface area contributed by atoms with Crippen LogP contribution in [0.3, 0.4) is 0 Å². The van der Waals surface area contributed by atoms with Crippen LogP contribution in [0.15, 0.2) is 36.5 Å². The number of aliphatic carboxylic acids is 1. The van der Waals surface area contributed by atoms with E-state index in [-0.39, 0.29) is 24.1 Å². The van der Waals surface area contributed by atoms with Crippen LogP contribution in [0.2, 0.25) is 0 Å². The molecule has 7 nitrogen and oxygen atoms in total. The van der Waals surface area contributed by atoms with Gasteiger partial charge in [0.15, 0.2) is 17.5 Å². The summed E-state index contributed by atoms with van der Waals surface area (Å²) in [5.74, 6) is -5.13. The maximum atomic E-state index is 14.8. The number of nitrogens with one attached hydrogen (secondary N) is 1. The predicted octanol–water partition coefficient (Wildman–Crippen LogP) is 5.28. The number of hydrogen-bond acceptors (Lipinski definition) is 6. The van der Waals surface area contributed by atoms with Crippen molar-refractivity contribution >= 4 is 22.6 Å². The van der Waals surface area contributed by atoms with Gasteiger partial charge < -0.3 is 25.2 Å². The third kappa shape index (κ3) is 6.77. The number of likely N-dealkylation sites (tertiary alicyclic amines) is 1. The van der Waals surface area contributed by atoms with E-state index in [1.807, 2.05) is 0 Å². The quantitative estimate of drug-likeness (QED) is 0.221. The summed E-state index contributed by atoms with van der Waals surface area (Å²) >= 11 is 0. The fourth-order valence-corrected chi connectivity index (χ4v) is 5.32. The van der Waals surface area contributed by atoms with Gasteiger partial charge in [0, 0.05) is 41.9 Å². The first kappa shape index (κ1) is 28.6. The van der Waals surface area contributed by atoms with E-state index < -0.39 is 40.8 Å². The SMILES string of the molecule is COc1ccc2ncc(F)c([C@H](O)CCC3(CC(=O)O)CCN(CCNc4cc(F)c(F)c(F)c4)CC3)c2c1. The number of benzene rings is 2. The van der Waals surface area contributed by atoms with Crippen LogP contribution in [-0.4, -0.2) is 59.4 Å². The summed E-state index contributed by atoms with van der Waals surface area (Å²) in [5.41, 5.74) is 0.184. The molecule has 1 aromatic heterocycles. The van der Waals surface area contributed by atoms with Crippen LogP contribution in [0, 0.1) is 28.7 Å². The maximum absolute atomic E-state index is 14.8. The fraction of sp³-hybridized carbons (Fsp3) is 0.429. The van der Waals surface area contributed by atoms with Crippen molar-refractivity contribution in [3.63, 3.8) is 0 Å². The van der Waals surface area contributed by atoms with Crippen molar-refractivity contribution in [3.8, 4) is 5.75 Å². The van der Waals surface area contributed by atoms with Crippen molar-refractivity contribution in [2.24, 2.45) is 5.41 Å². The zero-order valence-corrected chi connectivity index (χ0v) is 21.5. The van der Waals surface area contributed by atoms with E-state index in [4.69, 9.17) is 4.74 Å². The van der Waals surface area contributed by atoms with E-state index in [0.717, 1.165) is 18.3 Å². The largest absolute Gasteiger partial charge is 0.497 e. The van der Waals surface area contributed by atoms with E-state index in [1.165, 1.54) is 7.11 Å². The Balaban J connectivity index is 1.38. The molecule has 1 atom stereocenters. The fourth-order valence-electron chi connectivity index (χ4n) is 5.32. The summed E-state index contributed by atoms with van der Waals surface area (Å²) < 4.78 is 60.0. The minimum atomic E-state index is -1.52. The second-order valence-electron chi connectivity index (χ2n) is 10.1. The lowest BCUT2D eigenvalue weighted by molar-refractivity contribution is -0.141. The van der Waals surface area contributed by atoms with Crippen molar-refractivity contribution in [3.05, 3.63) is 65.4 Å². The van der Waals surface area contributed by atoms with Crippen LogP contribution in [0.5, 0.6) is 5.75 Å². The lowest BCUT2D eigenvalue weighted by Crippen LogP contribution is -2.43. The van der Waals surface area contributed by atoms with Gasteiger partial charge in [0.2, 0.25) is 0 Å². The first-order valence-corrected chi connectivity index (χ1v) is 12.7. The van der Waals surface area contributed by atoms with Crippen molar-refractivity contribution in [2.45, 2.75) is 38.2 Å². The molecule has 11 heteroatoms. The highest BCUT2D eigenvalue weighted by Gasteiger charge is 2.37. The summed E-state index contributed by atoms with van der Waals surface area (Å²) in [6.45, 7) is 2.05. The molecule has 3 N–H and O–H groups in total. The number of carbonyl (C=O) groups is 1. The molecule has 1 aliphatic rings.